The fourth-order valence-corrected chi connectivity index (χ4v) is 3.84. The highest BCUT2D eigenvalue weighted by Gasteiger charge is 2.46. The van der Waals surface area contributed by atoms with Crippen molar-refractivity contribution in [2.75, 3.05) is 20.7 Å². The Labute approximate surface area is 148 Å². The van der Waals surface area contributed by atoms with Gasteiger partial charge in [0, 0.05) is 29.4 Å². The molecule has 1 aliphatic carbocycles. The van der Waals surface area contributed by atoms with Crippen molar-refractivity contribution in [3.63, 3.8) is 0 Å². The molecule has 24 heavy (non-hydrogen) atoms. The molecule has 1 saturated carbocycles. The Balaban J connectivity index is 1.60. The standard InChI is InChI=1S/C19H25N3OS/c1-14-8-11-24-17(14)12-21-18(20-2)22-13-19(9-10-19)15-6-4-5-7-16(15)23-3/h4-8,11H,9-10,12-13H2,1-3H3,(H2,20,21,22). The average molecular weight is 343 g/mol. The summed E-state index contributed by atoms with van der Waals surface area (Å²) in [7, 11) is 3.56. The molecule has 0 atom stereocenters. The van der Waals surface area contributed by atoms with Crippen LogP contribution < -0.4 is 15.4 Å². The van der Waals surface area contributed by atoms with Crippen molar-refractivity contribution >= 4 is 17.3 Å². The van der Waals surface area contributed by atoms with Gasteiger partial charge in [0.1, 0.15) is 5.75 Å². The van der Waals surface area contributed by atoms with Gasteiger partial charge in [-0.1, -0.05) is 18.2 Å². The van der Waals surface area contributed by atoms with Crippen LogP contribution in [0.3, 0.4) is 0 Å². The summed E-state index contributed by atoms with van der Waals surface area (Å²) in [6, 6.07) is 10.5. The van der Waals surface area contributed by atoms with Crippen LogP contribution in [-0.2, 0) is 12.0 Å². The van der Waals surface area contributed by atoms with Crippen molar-refractivity contribution in [2.45, 2.75) is 31.7 Å². The van der Waals surface area contributed by atoms with Crippen molar-refractivity contribution in [1.82, 2.24) is 10.6 Å². The number of hydrogen-bond acceptors (Lipinski definition) is 3. The lowest BCUT2D eigenvalue weighted by Gasteiger charge is -2.21. The van der Waals surface area contributed by atoms with Crippen molar-refractivity contribution in [3.05, 3.63) is 51.7 Å². The van der Waals surface area contributed by atoms with Gasteiger partial charge in [0.25, 0.3) is 0 Å². The Morgan fingerprint density at radius 2 is 2.04 bits per heavy atom. The third kappa shape index (κ3) is 3.56. The molecule has 0 unspecified atom stereocenters. The van der Waals surface area contributed by atoms with Crippen LogP contribution >= 0.6 is 11.3 Å². The number of hydrogen-bond donors (Lipinski definition) is 2. The number of guanidine groups is 1. The number of aliphatic imine (C=N–C) groups is 1. The van der Waals surface area contributed by atoms with Gasteiger partial charge in [0.05, 0.1) is 13.7 Å². The van der Waals surface area contributed by atoms with Gasteiger partial charge in [0.15, 0.2) is 5.96 Å². The fraction of sp³-hybridized carbons (Fsp3) is 0.421. The molecule has 0 aliphatic heterocycles. The summed E-state index contributed by atoms with van der Waals surface area (Å²) >= 11 is 1.78. The SMILES string of the molecule is CN=C(NCc1sccc1C)NCC1(c2ccccc2OC)CC1. The quantitative estimate of drug-likeness (QED) is 0.624. The summed E-state index contributed by atoms with van der Waals surface area (Å²) in [4.78, 5) is 5.70. The van der Waals surface area contributed by atoms with Crippen LogP contribution in [0.4, 0.5) is 0 Å². The third-order valence-electron chi connectivity index (χ3n) is 4.73. The number of nitrogens with zero attached hydrogens (tertiary/aromatic N) is 1. The van der Waals surface area contributed by atoms with Gasteiger partial charge in [0.2, 0.25) is 0 Å². The molecule has 1 aromatic carbocycles. The topological polar surface area (TPSA) is 45.7 Å². The van der Waals surface area contributed by atoms with Gasteiger partial charge in [-0.3, -0.25) is 4.99 Å². The smallest absolute Gasteiger partial charge is 0.191 e. The van der Waals surface area contributed by atoms with E-state index in [1.165, 1.54) is 28.8 Å². The van der Waals surface area contributed by atoms with E-state index in [2.05, 4.69) is 46.1 Å². The molecule has 1 heterocycles. The van der Waals surface area contributed by atoms with Gasteiger partial charge in [-0.25, -0.2) is 0 Å². The number of nitrogens with one attached hydrogen (secondary N) is 2. The molecule has 0 amide bonds. The molecule has 1 aromatic heterocycles. The molecule has 4 nitrogen and oxygen atoms in total. The Kier molecular flexibility index (Phi) is 5.09. The molecule has 3 rings (SSSR count). The summed E-state index contributed by atoms with van der Waals surface area (Å²) in [6.07, 6.45) is 2.36. The van der Waals surface area contributed by atoms with E-state index in [9.17, 15) is 0 Å². The number of methoxy groups -OCH3 is 1. The third-order valence-corrected chi connectivity index (χ3v) is 5.76. The lowest BCUT2D eigenvalue weighted by molar-refractivity contribution is 0.403. The number of aryl methyl sites for hydroxylation is 1. The highest BCUT2D eigenvalue weighted by molar-refractivity contribution is 7.10. The second-order valence-corrected chi connectivity index (χ2v) is 7.29. The monoisotopic (exact) mass is 343 g/mol. The van der Waals surface area contributed by atoms with Crippen LogP contribution in [0.5, 0.6) is 5.75 Å². The number of para-hydroxylation sites is 1. The number of thiophene rings is 1. The van der Waals surface area contributed by atoms with Crippen LogP contribution in [-0.4, -0.2) is 26.7 Å². The van der Waals surface area contributed by atoms with Gasteiger partial charge < -0.3 is 15.4 Å². The first-order valence-electron chi connectivity index (χ1n) is 8.29. The Bertz CT molecular complexity index is 719. The maximum atomic E-state index is 5.54. The van der Waals surface area contributed by atoms with E-state index in [1.54, 1.807) is 18.4 Å². The van der Waals surface area contributed by atoms with Crippen molar-refractivity contribution < 1.29 is 4.74 Å². The van der Waals surface area contributed by atoms with E-state index in [0.29, 0.717) is 0 Å². The summed E-state index contributed by atoms with van der Waals surface area (Å²) in [5.74, 6) is 1.83. The Morgan fingerprint density at radius 1 is 1.25 bits per heavy atom. The predicted molar refractivity (Wildman–Crippen MR) is 101 cm³/mol. The molecular formula is C19H25N3OS. The Hall–Kier alpha value is -2.01. The first kappa shape index (κ1) is 16.8. The van der Waals surface area contributed by atoms with E-state index in [0.717, 1.165) is 24.8 Å². The lowest BCUT2D eigenvalue weighted by Crippen LogP contribution is -2.40. The minimum atomic E-state index is 0.170. The minimum absolute atomic E-state index is 0.170. The molecule has 1 fully saturated rings. The highest BCUT2D eigenvalue weighted by atomic mass is 32.1. The zero-order chi connectivity index (χ0) is 17.0. The Morgan fingerprint density at radius 3 is 2.67 bits per heavy atom. The maximum Gasteiger partial charge on any atom is 0.191 e. The number of benzene rings is 1. The van der Waals surface area contributed by atoms with Crippen molar-refractivity contribution in [1.29, 1.82) is 0 Å². The van der Waals surface area contributed by atoms with Gasteiger partial charge in [-0.15, -0.1) is 11.3 Å². The first-order valence-corrected chi connectivity index (χ1v) is 9.17. The molecule has 2 N–H and O–H groups in total. The summed E-state index contributed by atoms with van der Waals surface area (Å²) in [5.41, 5.74) is 2.79. The molecule has 1 aliphatic rings. The van der Waals surface area contributed by atoms with Crippen molar-refractivity contribution in [3.8, 4) is 5.75 Å². The summed E-state index contributed by atoms with van der Waals surface area (Å²) in [5, 5.41) is 9.03. The number of rotatable bonds is 6. The van der Waals surface area contributed by atoms with E-state index in [1.807, 2.05) is 19.2 Å². The van der Waals surface area contributed by atoms with E-state index in [4.69, 9.17) is 4.74 Å². The van der Waals surface area contributed by atoms with E-state index < -0.39 is 0 Å². The number of ether oxygens (including phenoxy) is 1. The molecular weight excluding hydrogens is 318 g/mol. The molecule has 2 aromatic rings. The zero-order valence-corrected chi connectivity index (χ0v) is 15.4. The van der Waals surface area contributed by atoms with Crippen LogP contribution in [0.15, 0.2) is 40.7 Å². The van der Waals surface area contributed by atoms with Gasteiger partial charge in [-0.05, 0) is 42.8 Å². The second kappa shape index (κ2) is 7.26. The van der Waals surface area contributed by atoms with Gasteiger partial charge in [-0.2, -0.15) is 0 Å². The largest absolute Gasteiger partial charge is 0.496 e. The van der Waals surface area contributed by atoms with Crippen LogP contribution in [0, 0.1) is 6.92 Å². The maximum absolute atomic E-state index is 5.54. The normalized spacial score (nSPS) is 15.9. The fourth-order valence-electron chi connectivity index (χ4n) is 3.00. The lowest BCUT2D eigenvalue weighted by atomic mass is 9.95. The molecule has 0 spiro atoms. The van der Waals surface area contributed by atoms with E-state index >= 15 is 0 Å². The second-order valence-electron chi connectivity index (χ2n) is 6.29. The van der Waals surface area contributed by atoms with Crippen LogP contribution in [0.1, 0.15) is 28.8 Å². The molecule has 128 valence electrons. The molecule has 0 saturated heterocycles. The van der Waals surface area contributed by atoms with Crippen LogP contribution in [0.2, 0.25) is 0 Å². The molecule has 5 heteroatoms. The first-order chi connectivity index (χ1) is 11.7. The van der Waals surface area contributed by atoms with Gasteiger partial charge >= 0.3 is 0 Å². The van der Waals surface area contributed by atoms with E-state index in [-0.39, 0.29) is 5.41 Å². The summed E-state index contributed by atoms with van der Waals surface area (Å²) < 4.78 is 5.54. The molecule has 0 radical (unpaired) electrons. The minimum Gasteiger partial charge on any atom is -0.496 e. The summed E-state index contributed by atoms with van der Waals surface area (Å²) in [6.45, 7) is 3.83. The predicted octanol–water partition coefficient (Wildman–Crippen LogP) is 3.46. The highest BCUT2D eigenvalue weighted by Crippen LogP contribution is 2.50. The van der Waals surface area contributed by atoms with Crippen molar-refractivity contribution in [2.24, 2.45) is 4.99 Å². The molecule has 0 bridgehead atoms. The van der Waals surface area contributed by atoms with Crippen LogP contribution in [0.25, 0.3) is 0 Å². The average Bonchev–Trinajstić information content (AvgIpc) is 3.30. The zero-order valence-electron chi connectivity index (χ0n) is 14.6.